The molecule has 122 valence electrons. The minimum atomic E-state index is -0.270. The molecule has 0 saturated carbocycles. The van der Waals surface area contributed by atoms with Crippen LogP contribution in [0.2, 0.25) is 0 Å². The van der Waals surface area contributed by atoms with Crippen molar-refractivity contribution in [1.29, 1.82) is 0 Å². The second-order valence-corrected chi connectivity index (χ2v) is 5.65. The van der Waals surface area contributed by atoms with Gasteiger partial charge in [0.15, 0.2) is 11.7 Å². The van der Waals surface area contributed by atoms with Gasteiger partial charge < -0.3 is 9.47 Å². The number of anilines is 1. The second kappa shape index (κ2) is 7.56. The van der Waals surface area contributed by atoms with E-state index in [9.17, 15) is 4.79 Å². The molecule has 0 fully saturated rings. The highest BCUT2D eigenvalue weighted by Gasteiger charge is 2.09. The van der Waals surface area contributed by atoms with Gasteiger partial charge in [-0.15, -0.1) is 11.3 Å². The second-order valence-electron chi connectivity index (χ2n) is 4.79. The Kier molecular flexibility index (Phi) is 5.02. The molecule has 0 bridgehead atoms. The number of aromatic nitrogens is 2. The Morgan fingerprint density at radius 2 is 2.00 bits per heavy atom. The van der Waals surface area contributed by atoms with E-state index in [1.165, 1.54) is 11.3 Å². The quantitative estimate of drug-likeness (QED) is 0.745. The standard InChI is InChI=1S/C17H15N3O3S/c1-22-13-3-2-4-14(9-13)23-10-16(21)20-17-19-15(11-24-17)12-5-7-18-8-6-12/h2-9,11H,10H2,1H3,(H,19,20,21). The van der Waals surface area contributed by atoms with Crippen molar-refractivity contribution < 1.29 is 14.3 Å². The third kappa shape index (κ3) is 4.08. The van der Waals surface area contributed by atoms with Crippen molar-refractivity contribution in [2.75, 3.05) is 19.0 Å². The van der Waals surface area contributed by atoms with Crippen LogP contribution in [0.4, 0.5) is 5.13 Å². The summed E-state index contributed by atoms with van der Waals surface area (Å²) in [5.41, 5.74) is 1.75. The number of carbonyl (C=O) groups excluding carboxylic acids is 1. The maximum absolute atomic E-state index is 12.0. The molecule has 0 aliphatic carbocycles. The fourth-order valence-corrected chi connectivity index (χ4v) is 2.72. The molecular weight excluding hydrogens is 326 g/mol. The molecular formula is C17H15N3O3S. The fourth-order valence-electron chi connectivity index (χ4n) is 1.98. The summed E-state index contributed by atoms with van der Waals surface area (Å²) >= 11 is 1.36. The third-order valence-electron chi connectivity index (χ3n) is 3.14. The van der Waals surface area contributed by atoms with Gasteiger partial charge in [0.2, 0.25) is 0 Å². The molecule has 0 radical (unpaired) electrons. The molecule has 7 heteroatoms. The number of amides is 1. The van der Waals surface area contributed by atoms with Crippen LogP contribution in [-0.4, -0.2) is 29.6 Å². The lowest BCUT2D eigenvalue weighted by atomic mass is 10.2. The summed E-state index contributed by atoms with van der Waals surface area (Å²) in [6.45, 7) is -0.0999. The number of benzene rings is 1. The molecule has 24 heavy (non-hydrogen) atoms. The average molecular weight is 341 g/mol. The maximum atomic E-state index is 12.0. The van der Waals surface area contributed by atoms with Crippen molar-refractivity contribution in [1.82, 2.24) is 9.97 Å². The molecule has 0 atom stereocenters. The van der Waals surface area contributed by atoms with E-state index in [1.807, 2.05) is 23.6 Å². The number of thiazole rings is 1. The summed E-state index contributed by atoms with van der Waals surface area (Å²) in [6, 6.07) is 10.8. The minimum Gasteiger partial charge on any atom is -0.497 e. The Morgan fingerprint density at radius 1 is 1.21 bits per heavy atom. The van der Waals surface area contributed by atoms with E-state index in [0.29, 0.717) is 16.6 Å². The van der Waals surface area contributed by atoms with Crippen molar-refractivity contribution in [3.05, 3.63) is 54.2 Å². The lowest BCUT2D eigenvalue weighted by Gasteiger charge is -2.07. The van der Waals surface area contributed by atoms with Crippen molar-refractivity contribution in [2.45, 2.75) is 0 Å². The molecule has 1 N–H and O–H groups in total. The number of pyridine rings is 1. The Hall–Kier alpha value is -2.93. The number of methoxy groups -OCH3 is 1. The number of nitrogens with zero attached hydrogens (tertiary/aromatic N) is 2. The zero-order chi connectivity index (χ0) is 16.8. The number of hydrogen-bond acceptors (Lipinski definition) is 6. The van der Waals surface area contributed by atoms with E-state index in [4.69, 9.17) is 9.47 Å². The molecule has 1 amide bonds. The first-order valence-electron chi connectivity index (χ1n) is 7.17. The van der Waals surface area contributed by atoms with Crippen LogP contribution in [0.25, 0.3) is 11.3 Å². The first-order chi connectivity index (χ1) is 11.7. The van der Waals surface area contributed by atoms with E-state index in [-0.39, 0.29) is 12.5 Å². The summed E-state index contributed by atoms with van der Waals surface area (Å²) in [5, 5.41) is 5.14. The number of nitrogens with one attached hydrogen (secondary N) is 1. The molecule has 6 nitrogen and oxygen atoms in total. The number of rotatable bonds is 6. The zero-order valence-electron chi connectivity index (χ0n) is 12.9. The van der Waals surface area contributed by atoms with Gasteiger partial charge in [0.1, 0.15) is 11.5 Å². The van der Waals surface area contributed by atoms with Crippen LogP contribution in [-0.2, 0) is 4.79 Å². The first kappa shape index (κ1) is 15.9. The number of carbonyl (C=O) groups is 1. The Bertz CT molecular complexity index is 821. The van der Waals surface area contributed by atoms with Gasteiger partial charge in [-0.1, -0.05) is 6.07 Å². The molecule has 0 saturated heterocycles. The number of ether oxygens (including phenoxy) is 2. The van der Waals surface area contributed by atoms with Crippen molar-refractivity contribution in [3.63, 3.8) is 0 Å². The first-order valence-corrected chi connectivity index (χ1v) is 8.05. The van der Waals surface area contributed by atoms with Crippen LogP contribution in [0.15, 0.2) is 54.2 Å². The summed E-state index contributed by atoms with van der Waals surface area (Å²) in [6.07, 6.45) is 3.41. The molecule has 1 aromatic carbocycles. The van der Waals surface area contributed by atoms with Crippen LogP contribution in [0.1, 0.15) is 0 Å². The highest BCUT2D eigenvalue weighted by molar-refractivity contribution is 7.14. The molecule has 0 unspecified atom stereocenters. The van der Waals surface area contributed by atoms with Crippen molar-refractivity contribution in [2.24, 2.45) is 0 Å². The van der Waals surface area contributed by atoms with Crippen LogP contribution in [0, 0.1) is 0 Å². The van der Waals surface area contributed by atoms with Crippen LogP contribution in [0.5, 0.6) is 11.5 Å². The zero-order valence-corrected chi connectivity index (χ0v) is 13.7. The lowest BCUT2D eigenvalue weighted by molar-refractivity contribution is -0.118. The highest BCUT2D eigenvalue weighted by Crippen LogP contribution is 2.24. The summed E-state index contributed by atoms with van der Waals surface area (Å²) in [5.74, 6) is 0.976. The predicted octanol–water partition coefficient (Wildman–Crippen LogP) is 3.23. The average Bonchev–Trinajstić information content (AvgIpc) is 3.09. The van der Waals surface area contributed by atoms with Gasteiger partial charge in [0.25, 0.3) is 5.91 Å². The van der Waals surface area contributed by atoms with Crippen LogP contribution < -0.4 is 14.8 Å². The molecule has 2 heterocycles. The normalized spacial score (nSPS) is 10.2. The van der Waals surface area contributed by atoms with Gasteiger partial charge >= 0.3 is 0 Å². The molecule has 0 aliphatic rings. The van der Waals surface area contributed by atoms with Crippen LogP contribution in [0.3, 0.4) is 0 Å². The fraction of sp³-hybridized carbons (Fsp3) is 0.118. The summed E-state index contributed by atoms with van der Waals surface area (Å²) in [7, 11) is 1.58. The molecule has 3 rings (SSSR count). The summed E-state index contributed by atoms with van der Waals surface area (Å²) in [4.78, 5) is 20.3. The monoisotopic (exact) mass is 341 g/mol. The van der Waals surface area contributed by atoms with E-state index in [0.717, 1.165) is 11.3 Å². The molecule has 0 spiro atoms. The highest BCUT2D eigenvalue weighted by atomic mass is 32.1. The Labute approximate surface area is 143 Å². The van der Waals surface area contributed by atoms with Gasteiger partial charge in [-0.3, -0.25) is 15.1 Å². The molecule has 2 aromatic heterocycles. The lowest BCUT2D eigenvalue weighted by Crippen LogP contribution is -2.20. The Balaban J connectivity index is 1.56. The molecule has 0 aliphatic heterocycles. The van der Waals surface area contributed by atoms with Gasteiger partial charge in [-0.2, -0.15) is 0 Å². The Morgan fingerprint density at radius 3 is 2.79 bits per heavy atom. The predicted molar refractivity (Wildman–Crippen MR) is 92.5 cm³/mol. The van der Waals surface area contributed by atoms with Crippen LogP contribution >= 0.6 is 11.3 Å². The SMILES string of the molecule is COc1cccc(OCC(=O)Nc2nc(-c3ccncc3)cs2)c1. The summed E-state index contributed by atoms with van der Waals surface area (Å²) < 4.78 is 10.6. The topological polar surface area (TPSA) is 73.3 Å². The largest absolute Gasteiger partial charge is 0.497 e. The number of hydrogen-bond donors (Lipinski definition) is 1. The van der Waals surface area contributed by atoms with Gasteiger partial charge in [0, 0.05) is 29.4 Å². The molecule has 3 aromatic rings. The van der Waals surface area contributed by atoms with Crippen molar-refractivity contribution in [3.8, 4) is 22.8 Å². The van der Waals surface area contributed by atoms with E-state index < -0.39 is 0 Å². The van der Waals surface area contributed by atoms with Gasteiger partial charge in [-0.25, -0.2) is 4.98 Å². The van der Waals surface area contributed by atoms with Crippen molar-refractivity contribution >= 4 is 22.4 Å². The third-order valence-corrected chi connectivity index (χ3v) is 3.90. The van der Waals surface area contributed by atoms with E-state index in [2.05, 4.69) is 15.3 Å². The van der Waals surface area contributed by atoms with E-state index in [1.54, 1.807) is 37.7 Å². The van der Waals surface area contributed by atoms with Gasteiger partial charge in [0.05, 0.1) is 12.8 Å². The minimum absolute atomic E-state index is 0.0999. The van der Waals surface area contributed by atoms with Gasteiger partial charge in [-0.05, 0) is 24.3 Å². The van der Waals surface area contributed by atoms with E-state index >= 15 is 0 Å². The smallest absolute Gasteiger partial charge is 0.264 e. The maximum Gasteiger partial charge on any atom is 0.264 e.